The highest BCUT2D eigenvalue weighted by Crippen LogP contribution is 2.22. The van der Waals surface area contributed by atoms with Crippen LogP contribution < -0.4 is 0 Å². The number of carbonyl (C=O) groups is 1. The second-order valence-electron chi connectivity index (χ2n) is 5.25. The molecular weight excluding hydrogens is 224 g/mol. The van der Waals surface area contributed by atoms with Crippen molar-refractivity contribution in [3.05, 3.63) is 0 Å². The van der Waals surface area contributed by atoms with Crippen molar-refractivity contribution in [2.75, 3.05) is 6.61 Å². The molecule has 0 aliphatic carbocycles. The fraction of sp³-hybridized carbons (Fsp3) is 0.938. The summed E-state index contributed by atoms with van der Waals surface area (Å²) in [4.78, 5) is 11.8. The minimum Gasteiger partial charge on any atom is -0.465 e. The van der Waals surface area contributed by atoms with Crippen LogP contribution in [-0.4, -0.2) is 12.6 Å². The van der Waals surface area contributed by atoms with Gasteiger partial charge >= 0.3 is 5.97 Å². The van der Waals surface area contributed by atoms with E-state index in [1.807, 2.05) is 20.8 Å². The van der Waals surface area contributed by atoms with Crippen LogP contribution in [0.1, 0.15) is 81.6 Å². The lowest BCUT2D eigenvalue weighted by Gasteiger charge is -2.22. The SMILES string of the molecule is C.C.CCCCC(CC)COC(=O)C(C)(C)CC. The van der Waals surface area contributed by atoms with Crippen LogP contribution in [0.4, 0.5) is 0 Å². The minimum absolute atomic E-state index is 0. The van der Waals surface area contributed by atoms with Crippen molar-refractivity contribution in [3.63, 3.8) is 0 Å². The lowest BCUT2D eigenvalue weighted by atomic mass is 9.90. The number of hydrogen-bond acceptors (Lipinski definition) is 2. The molecule has 0 rings (SSSR count). The molecule has 1 atom stereocenters. The molecule has 0 heterocycles. The zero-order chi connectivity index (χ0) is 12.6. The summed E-state index contributed by atoms with van der Waals surface area (Å²) in [6, 6.07) is 0. The molecule has 112 valence electrons. The minimum atomic E-state index is -0.330. The van der Waals surface area contributed by atoms with E-state index in [1.165, 1.54) is 19.3 Å². The van der Waals surface area contributed by atoms with E-state index in [4.69, 9.17) is 4.74 Å². The molecule has 0 fully saturated rings. The van der Waals surface area contributed by atoms with Crippen LogP contribution >= 0.6 is 0 Å². The molecule has 18 heavy (non-hydrogen) atoms. The average Bonchev–Trinajstić information content (AvgIpc) is 2.28. The van der Waals surface area contributed by atoms with E-state index in [1.54, 1.807) is 0 Å². The van der Waals surface area contributed by atoms with E-state index in [-0.39, 0.29) is 26.2 Å². The molecule has 0 N–H and O–H groups in total. The molecule has 2 nitrogen and oxygen atoms in total. The van der Waals surface area contributed by atoms with Gasteiger partial charge in [-0.2, -0.15) is 0 Å². The molecule has 0 bridgehead atoms. The monoisotopic (exact) mass is 260 g/mol. The summed E-state index contributed by atoms with van der Waals surface area (Å²) in [6.07, 6.45) is 5.54. The van der Waals surface area contributed by atoms with Gasteiger partial charge in [0.2, 0.25) is 0 Å². The second-order valence-corrected chi connectivity index (χ2v) is 5.25. The van der Waals surface area contributed by atoms with Crippen LogP contribution in [0, 0.1) is 11.3 Å². The molecule has 0 saturated heterocycles. The summed E-state index contributed by atoms with van der Waals surface area (Å²) in [5, 5.41) is 0. The zero-order valence-corrected chi connectivity index (χ0v) is 11.6. The maximum Gasteiger partial charge on any atom is 0.311 e. The Morgan fingerprint density at radius 1 is 1.17 bits per heavy atom. The van der Waals surface area contributed by atoms with Crippen molar-refractivity contribution < 1.29 is 9.53 Å². The van der Waals surface area contributed by atoms with Gasteiger partial charge in [0.15, 0.2) is 0 Å². The Labute approximate surface area is 116 Å². The average molecular weight is 260 g/mol. The molecule has 0 aromatic heterocycles. The molecule has 0 saturated carbocycles. The predicted octanol–water partition coefficient (Wildman–Crippen LogP) is 5.45. The number of esters is 1. The van der Waals surface area contributed by atoms with E-state index < -0.39 is 0 Å². The Balaban J connectivity index is -0.00000112. The predicted molar refractivity (Wildman–Crippen MR) is 81.8 cm³/mol. The van der Waals surface area contributed by atoms with Crippen LogP contribution in [0.25, 0.3) is 0 Å². The maximum atomic E-state index is 11.8. The third-order valence-electron chi connectivity index (χ3n) is 3.43. The van der Waals surface area contributed by atoms with E-state index in [0.717, 1.165) is 12.8 Å². The molecule has 2 heteroatoms. The largest absolute Gasteiger partial charge is 0.465 e. The first-order valence-electron chi connectivity index (χ1n) is 6.65. The molecule has 0 spiro atoms. The lowest BCUT2D eigenvalue weighted by molar-refractivity contribution is -0.155. The normalized spacial score (nSPS) is 12.1. The summed E-state index contributed by atoms with van der Waals surface area (Å²) in [7, 11) is 0. The molecule has 1 unspecified atom stereocenters. The van der Waals surface area contributed by atoms with E-state index >= 15 is 0 Å². The van der Waals surface area contributed by atoms with Gasteiger partial charge in [-0.15, -0.1) is 0 Å². The number of unbranched alkanes of at least 4 members (excludes halogenated alkanes) is 1. The molecule has 0 aromatic rings. The van der Waals surface area contributed by atoms with Crippen LogP contribution in [0.2, 0.25) is 0 Å². The lowest BCUT2D eigenvalue weighted by Crippen LogP contribution is -2.27. The van der Waals surface area contributed by atoms with Gasteiger partial charge in [0, 0.05) is 0 Å². The van der Waals surface area contributed by atoms with Crippen LogP contribution in [0.5, 0.6) is 0 Å². The van der Waals surface area contributed by atoms with Crippen LogP contribution in [0.3, 0.4) is 0 Å². The zero-order valence-electron chi connectivity index (χ0n) is 11.6. The third-order valence-corrected chi connectivity index (χ3v) is 3.43. The van der Waals surface area contributed by atoms with Crippen molar-refractivity contribution in [2.45, 2.75) is 81.6 Å². The molecular formula is C16H36O2. The first-order valence-corrected chi connectivity index (χ1v) is 6.65. The van der Waals surface area contributed by atoms with E-state index in [2.05, 4.69) is 13.8 Å². The van der Waals surface area contributed by atoms with Crippen molar-refractivity contribution in [1.82, 2.24) is 0 Å². The molecule has 0 radical (unpaired) electrons. The standard InChI is InChI=1S/C14H28O2.2CH4/c1-6-9-10-12(7-2)11-16-13(15)14(4,5)8-3;;/h12H,6-11H2,1-5H3;2*1H4. The van der Waals surface area contributed by atoms with Crippen LogP contribution in [0.15, 0.2) is 0 Å². The maximum absolute atomic E-state index is 11.8. The number of hydrogen-bond donors (Lipinski definition) is 0. The number of ether oxygens (including phenoxy) is 1. The fourth-order valence-electron chi connectivity index (χ4n) is 1.43. The van der Waals surface area contributed by atoms with Crippen molar-refractivity contribution in [2.24, 2.45) is 11.3 Å². The topological polar surface area (TPSA) is 26.3 Å². The van der Waals surface area contributed by atoms with Gasteiger partial charge in [0.25, 0.3) is 0 Å². The van der Waals surface area contributed by atoms with Gasteiger partial charge in [-0.05, 0) is 32.6 Å². The van der Waals surface area contributed by atoms with Gasteiger partial charge in [0.1, 0.15) is 0 Å². The summed E-state index contributed by atoms with van der Waals surface area (Å²) >= 11 is 0. The summed E-state index contributed by atoms with van der Waals surface area (Å²) in [5.74, 6) is 0.488. The van der Waals surface area contributed by atoms with E-state index in [0.29, 0.717) is 12.5 Å². The van der Waals surface area contributed by atoms with Gasteiger partial charge in [0.05, 0.1) is 12.0 Å². The summed E-state index contributed by atoms with van der Waals surface area (Å²) < 4.78 is 5.41. The highest BCUT2D eigenvalue weighted by Gasteiger charge is 2.27. The van der Waals surface area contributed by atoms with Gasteiger partial charge in [-0.1, -0.05) is 54.9 Å². The third kappa shape index (κ3) is 8.54. The first kappa shape index (κ1) is 22.6. The number of carbonyl (C=O) groups excluding carboxylic acids is 1. The molecule has 0 aliphatic rings. The van der Waals surface area contributed by atoms with E-state index in [9.17, 15) is 4.79 Å². The Kier molecular flexibility index (Phi) is 14.5. The van der Waals surface area contributed by atoms with Crippen molar-refractivity contribution in [3.8, 4) is 0 Å². The van der Waals surface area contributed by atoms with Crippen molar-refractivity contribution in [1.29, 1.82) is 0 Å². The molecule has 0 aromatic carbocycles. The Bertz CT molecular complexity index is 197. The fourth-order valence-corrected chi connectivity index (χ4v) is 1.43. The van der Waals surface area contributed by atoms with Gasteiger partial charge < -0.3 is 4.74 Å². The highest BCUT2D eigenvalue weighted by molar-refractivity contribution is 5.75. The Morgan fingerprint density at radius 3 is 2.11 bits per heavy atom. The van der Waals surface area contributed by atoms with Gasteiger partial charge in [-0.25, -0.2) is 0 Å². The Morgan fingerprint density at radius 2 is 1.72 bits per heavy atom. The van der Waals surface area contributed by atoms with Crippen molar-refractivity contribution >= 4 is 5.97 Å². The number of rotatable bonds is 8. The smallest absolute Gasteiger partial charge is 0.311 e. The summed E-state index contributed by atoms with van der Waals surface area (Å²) in [5.41, 5.74) is -0.330. The highest BCUT2D eigenvalue weighted by atomic mass is 16.5. The summed E-state index contributed by atoms with van der Waals surface area (Å²) in [6.45, 7) is 10.9. The first-order chi connectivity index (χ1) is 7.47. The molecule has 0 aliphatic heterocycles. The van der Waals surface area contributed by atoms with Crippen LogP contribution in [-0.2, 0) is 9.53 Å². The quantitative estimate of drug-likeness (QED) is 0.542. The molecule has 0 amide bonds. The second kappa shape index (κ2) is 11.6. The Hall–Kier alpha value is -0.530. The van der Waals surface area contributed by atoms with Gasteiger partial charge in [-0.3, -0.25) is 4.79 Å².